The minimum atomic E-state index is -4.86. The molecule has 1 unspecified atom stereocenters. The van der Waals surface area contributed by atoms with E-state index in [9.17, 15) is 45.8 Å². The number of alkyl halides is 3. The molecule has 2 aromatic carbocycles. The normalized spacial score (nSPS) is 20.1. The first-order valence-electron chi connectivity index (χ1n) is 13.4. The highest BCUT2D eigenvalue weighted by Gasteiger charge is 2.60. The molecule has 0 radical (unpaired) electrons. The topological polar surface area (TPSA) is 157 Å². The van der Waals surface area contributed by atoms with Gasteiger partial charge in [0.25, 0.3) is 5.91 Å². The molecule has 5 amide bonds. The predicted molar refractivity (Wildman–Crippen MR) is 152 cm³/mol. The average Bonchev–Trinajstić information content (AvgIpc) is 3.60. The second-order valence-electron chi connectivity index (χ2n) is 10.7. The van der Waals surface area contributed by atoms with E-state index < -0.39 is 70.9 Å². The quantitative estimate of drug-likeness (QED) is 0.215. The lowest BCUT2D eigenvalue weighted by Crippen LogP contribution is -2.51. The van der Waals surface area contributed by atoms with E-state index in [4.69, 9.17) is 0 Å². The van der Waals surface area contributed by atoms with Gasteiger partial charge in [0.1, 0.15) is 24.9 Å². The van der Waals surface area contributed by atoms with Crippen LogP contribution in [0.3, 0.4) is 0 Å². The van der Waals surface area contributed by atoms with Gasteiger partial charge in [-0.05, 0) is 36.2 Å². The molecule has 3 heterocycles. The summed E-state index contributed by atoms with van der Waals surface area (Å²) in [6.07, 6.45) is -1.84. The molecule has 0 saturated carbocycles. The lowest BCUT2D eigenvalue weighted by molar-refractivity contribution is -0.187. The Morgan fingerprint density at radius 3 is 2.47 bits per heavy atom. The third kappa shape index (κ3) is 5.97. The fourth-order valence-electron chi connectivity index (χ4n) is 5.29. The molecule has 2 aliphatic rings. The molecule has 4 N–H and O–H groups in total. The maximum Gasteiger partial charge on any atom is 0.408 e. The Morgan fingerprint density at radius 2 is 1.82 bits per heavy atom. The maximum absolute atomic E-state index is 13.7. The summed E-state index contributed by atoms with van der Waals surface area (Å²) in [4.78, 5) is 52.6. The van der Waals surface area contributed by atoms with Crippen molar-refractivity contribution in [1.82, 2.24) is 30.2 Å². The van der Waals surface area contributed by atoms with Gasteiger partial charge in [-0.1, -0.05) is 24.3 Å². The highest BCUT2D eigenvalue weighted by atomic mass is 32.3. The number of nitrogens with one attached hydrogen (secondary N) is 2. The summed E-state index contributed by atoms with van der Waals surface area (Å²) >= 11 is 0. The molecule has 2 atom stereocenters. The number of carbonyl (C=O) groups excluding carboxylic acids is 4. The monoisotopic (exact) mass is 652 g/mol. The summed E-state index contributed by atoms with van der Waals surface area (Å²) in [5, 5.41) is 9.01. The lowest BCUT2D eigenvalue weighted by Gasteiger charge is -2.32. The van der Waals surface area contributed by atoms with E-state index >= 15 is 0 Å². The molecule has 17 heteroatoms. The molecule has 0 bridgehead atoms. The number of urea groups is 1. The van der Waals surface area contributed by atoms with Crippen LogP contribution in [0.2, 0.25) is 0 Å². The minimum Gasteiger partial charge on any atom is -0.358 e. The van der Waals surface area contributed by atoms with Crippen LogP contribution in [0.5, 0.6) is 0 Å². The number of hydrogen-bond acceptors (Lipinski definition) is 7. The first kappa shape index (κ1) is 31.9. The molecule has 240 valence electrons. The number of rotatable bonds is 8. The smallest absolute Gasteiger partial charge is 0.358 e. The number of nitrogens with zero attached hydrogens (tertiary/aromatic N) is 4. The van der Waals surface area contributed by atoms with Gasteiger partial charge < -0.3 is 15.5 Å². The molecule has 1 aromatic heterocycles. The lowest BCUT2D eigenvalue weighted by atomic mass is 9.91. The van der Waals surface area contributed by atoms with E-state index in [0.717, 1.165) is 19.1 Å². The van der Waals surface area contributed by atoms with Gasteiger partial charge in [0, 0.05) is 30.9 Å². The van der Waals surface area contributed by atoms with E-state index in [1.165, 1.54) is 42.2 Å². The van der Waals surface area contributed by atoms with Crippen LogP contribution in [-0.4, -0.2) is 84.0 Å². The van der Waals surface area contributed by atoms with Crippen molar-refractivity contribution in [2.75, 3.05) is 19.3 Å². The summed E-state index contributed by atoms with van der Waals surface area (Å²) in [5.41, 5.74) is -0.750. The van der Waals surface area contributed by atoms with E-state index in [-0.39, 0.29) is 28.5 Å². The zero-order valence-corrected chi connectivity index (χ0v) is 24.7. The maximum atomic E-state index is 13.7. The van der Waals surface area contributed by atoms with Gasteiger partial charge in [0.2, 0.25) is 11.8 Å². The van der Waals surface area contributed by atoms with Gasteiger partial charge in [-0.3, -0.25) is 33.1 Å². The molecule has 0 aliphatic carbocycles. The van der Waals surface area contributed by atoms with Crippen molar-refractivity contribution in [3.8, 4) is 11.1 Å². The number of benzene rings is 2. The molecule has 12 nitrogen and oxygen atoms in total. The molecule has 2 aliphatic heterocycles. The number of carbonyl (C=O) groups is 4. The molecule has 45 heavy (non-hydrogen) atoms. The van der Waals surface area contributed by atoms with Gasteiger partial charge in [0.15, 0.2) is 5.54 Å². The first-order chi connectivity index (χ1) is 21.1. The van der Waals surface area contributed by atoms with Crippen molar-refractivity contribution >= 4 is 34.3 Å². The Hall–Kier alpha value is -4.48. The number of halogens is 4. The number of amides is 5. The zero-order chi connectivity index (χ0) is 32.9. The molecule has 5 rings (SSSR count). The molecule has 1 saturated heterocycles. The fourth-order valence-corrected chi connectivity index (χ4v) is 7.31. The van der Waals surface area contributed by atoms with Crippen LogP contribution in [0.25, 0.3) is 11.1 Å². The van der Waals surface area contributed by atoms with Crippen molar-refractivity contribution in [3.63, 3.8) is 0 Å². The zero-order valence-electron chi connectivity index (χ0n) is 23.8. The molecular formula is C28H28F4N6O6S. The third-order valence-electron chi connectivity index (χ3n) is 7.76. The summed E-state index contributed by atoms with van der Waals surface area (Å²) in [5.74, 6) is -3.82. The molecule has 3 aromatic rings. The highest BCUT2D eigenvalue weighted by Crippen LogP contribution is 2.62. The van der Waals surface area contributed by atoms with Crippen LogP contribution in [-0.2, 0) is 33.0 Å². The number of aromatic nitrogens is 2. The largest absolute Gasteiger partial charge is 0.408 e. The van der Waals surface area contributed by atoms with Gasteiger partial charge in [-0.15, -0.1) is 0 Å². The molecule has 1 spiro atoms. The number of hydrogen-bond donors (Lipinski definition) is 4. The third-order valence-corrected chi connectivity index (χ3v) is 9.64. The first-order valence-corrected chi connectivity index (χ1v) is 15.2. The minimum absolute atomic E-state index is 0.0375. The van der Waals surface area contributed by atoms with Crippen molar-refractivity contribution in [2.45, 2.75) is 42.7 Å². The van der Waals surface area contributed by atoms with Crippen LogP contribution >= 0.6 is 10.6 Å². The number of imide groups is 1. The van der Waals surface area contributed by atoms with Gasteiger partial charge in [-0.25, -0.2) is 9.18 Å². The number of fused-ring (bicyclic) bond motifs is 2. The van der Waals surface area contributed by atoms with E-state index in [2.05, 4.69) is 15.7 Å². The van der Waals surface area contributed by atoms with E-state index in [1.807, 2.05) is 0 Å². The van der Waals surface area contributed by atoms with E-state index in [1.54, 1.807) is 12.3 Å². The Bertz CT molecular complexity index is 1680. The van der Waals surface area contributed by atoms with Crippen molar-refractivity contribution in [2.24, 2.45) is 0 Å². The van der Waals surface area contributed by atoms with Crippen LogP contribution in [0.15, 0.2) is 59.8 Å². The SMILES string of the molecule is CNC(=O)Cn1cc(-c2ccc3c(c2)S(O)(O)CC32NC(=O)N(CC(=O)N(Cc3ccc(F)cc3)[C@@H](C)C(F)(F)F)C2=O)cn1. The molecule has 1 fully saturated rings. The van der Waals surface area contributed by atoms with Crippen LogP contribution < -0.4 is 10.6 Å². The van der Waals surface area contributed by atoms with Crippen molar-refractivity contribution < 1.29 is 45.8 Å². The second-order valence-corrected chi connectivity index (χ2v) is 12.8. The van der Waals surface area contributed by atoms with Gasteiger partial charge in [-0.2, -0.15) is 28.9 Å². The Kier molecular flexibility index (Phi) is 8.13. The summed E-state index contributed by atoms with van der Waals surface area (Å²) < 4.78 is 77.9. The Morgan fingerprint density at radius 1 is 1.13 bits per heavy atom. The molecular weight excluding hydrogens is 624 g/mol. The summed E-state index contributed by atoms with van der Waals surface area (Å²) in [7, 11) is -2.20. The van der Waals surface area contributed by atoms with Crippen LogP contribution in [0, 0.1) is 5.82 Å². The second kappa shape index (κ2) is 11.5. The summed E-state index contributed by atoms with van der Waals surface area (Å²) in [6.45, 7) is -0.958. The predicted octanol–water partition coefficient (Wildman–Crippen LogP) is 3.29. The van der Waals surface area contributed by atoms with Crippen LogP contribution in [0.1, 0.15) is 18.1 Å². The number of likely N-dealkylation sites (N-methyl/N-ethyl adjacent to an activating group) is 1. The van der Waals surface area contributed by atoms with Crippen molar-refractivity contribution in [3.05, 3.63) is 71.8 Å². The fraction of sp³-hybridized carbons (Fsp3) is 0.321. The standard InChI is InChI=1S/C28H28F4N6O6S/c1-16(28(30,31)32)37(11-17-3-6-20(29)7-4-17)24(40)14-38-25(41)27(35-26(38)42)15-45(43,44)22-9-18(5-8-21(22)27)19-10-34-36(12-19)13-23(39)33-2/h3-10,12,16,43-44H,11,13-15H2,1-2H3,(H,33,39)(H,35,42)/t16-,27?/m0/s1. The van der Waals surface area contributed by atoms with Crippen LogP contribution in [0.4, 0.5) is 22.4 Å². The van der Waals surface area contributed by atoms with Crippen molar-refractivity contribution in [1.29, 1.82) is 0 Å². The summed E-state index contributed by atoms with van der Waals surface area (Å²) in [6, 6.07) is 5.43. The Balaban J connectivity index is 1.41. The van der Waals surface area contributed by atoms with E-state index in [0.29, 0.717) is 20.9 Å². The highest BCUT2D eigenvalue weighted by molar-refractivity contribution is 8.24. The average molecular weight is 653 g/mol. The van der Waals surface area contributed by atoms with Gasteiger partial charge >= 0.3 is 12.2 Å². The van der Waals surface area contributed by atoms with Gasteiger partial charge in [0.05, 0.1) is 16.8 Å². The Labute approximate surface area is 255 Å².